The second-order valence-electron chi connectivity index (χ2n) is 6.62. The van der Waals surface area contributed by atoms with Crippen molar-refractivity contribution in [3.63, 3.8) is 0 Å². The molecular weight excluding hydrogens is 520 g/mol. The molecule has 1 aliphatic rings. The maximum absolute atomic E-state index is 12.7. The maximum atomic E-state index is 12.7. The van der Waals surface area contributed by atoms with E-state index in [9.17, 15) is 14.4 Å². The molecule has 1 saturated heterocycles. The molecule has 30 heavy (non-hydrogen) atoms. The molecule has 0 saturated carbocycles. The van der Waals surface area contributed by atoms with Gasteiger partial charge in [0, 0.05) is 0 Å². The molecule has 0 aliphatic carbocycles. The van der Waals surface area contributed by atoms with Gasteiger partial charge in [0.05, 0.1) is 20.7 Å². The number of ether oxygens (including phenoxy) is 2. The molecule has 1 aliphatic heterocycles. The molecule has 2 aromatic carbocycles. The molecule has 0 spiro atoms. The van der Waals surface area contributed by atoms with Gasteiger partial charge in [-0.25, -0.2) is 9.80 Å². The monoisotopic (exact) mass is 536 g/mol. The van der Waals surface area contributed by atoms with Gasteiger partial charge in [0.1, 0.15) is 11.3 Å². The van der Waals surface area contributed by atoms with Crippen molar-refractivity contribution < 1.29 is 23.9 Å². The lowest BCUT2D eigenvalue weighted by Crippen LogP contribution is -2.35. The zero-order chi connectivity index (χ0) is 21.8. The van der Waals surface area contributed by atoms with Gasteiger partial charge >= 0.3 is 5.97 Å². The van der Waals surface area contributed by atoms with Gasteiger partial charge in [-0.2, -0.15) is 0 Å². The van der Waals surface area contributed by atoms with Crippen molar-refractivity contribution in [2.24, 2.45) is 0 Å². The number of esters is 1. The molecule has 1 heterocycles. The molecule has 0 unspecified atom stereocenters. The van der Waals surface area contributed by atoms with E-state index in [-0.39, 0.29) is 18.3 Å². The Morgan fingerprint density at radius 3 is 2.37 bits per heavy atom. The van der Waals surface area contributed by atoms with Crippen LogP contribution in [0.25, 0.3) is 6.08 Å². The minimum absolute atomic E-state index is 0.00633. The molecule has 0 aromatic heterocycles. The van der Waals surface area contributed by atoms with Crippen molar-refractivity contribution in [2.75, 3.05) is 11.6 Å². The lowest BCUT2D eigenvalue weighted by Gasteiger charge is -2.14. The number of nitrogens with zero attached hydrogens (tertiary/aromatic N) is 1. The van der Waals surface area contributed by atoms with Crippen molar-refractivity contribution >= 4 is 61.4 Å². The highest BCUT2D eigenvalue weighted by atomic mass is 79.9. The Labute approximate surface area is 190 Å². The number of anilines is 1. The number of rotatable bonds is 6. The zero-order valence-corrected chi connectivity index (χ0v) is 19.3. The second kappa shape index (κ2) is 9.44. The fourth-order valence-electron chi connectivity index (χ4n) is 2.71. The molecule has 0 bridgehead atoms. The van der Waals surface area contributed by atoms with Crippen molar-refractivity contribution in [3.05, 3.63) is 62.5 Å². The second-order valence-corrected chi connectivity index (χ2v) is 8.32. The molecule has 0 atom stereocenters. The Morgan fingerprint density at radius 2 is 1.77 bits per heavy atom. The molecule has 9 heteroatoms. The van der Waals surface area contributed by atoms with Crippen LogP contribution in [0.5, 0.6) is 5.75 Å². The van der Waals surface area contributed by atoms with Crippen molar-refractivity contribution in [3.8, 4) is 5.75 Å². The van der Waals surface area contributed by atoms with E-state index < -0.39 is 17.8 Å². The predicted octanol–water partition coefficient (Wildman–Crippen LogP) is 4.00. The summed E-state index contributed by atoms with van der Waals surface area (Å²) in [6.07, 6.45) is 1.26. The third-order valence-corrected chi connectivity index (χ3v) is 5.12. The summed E-state index contributed by atoms with van der Waals surface area (Å²) in [6.45, 7) is 3.26. The van der Waals surface area contributed by atoms with E-state index in [0.717, 1.165) is 0 Å². The highest BCUT2D eigenvalue weighted by Gasteiger charge is 2.34. The third kappa shape index (κ3) is 5.09. The molecule has 1 N–H and O–H groups in total. The van der Waals surface area contributed by atoms with Crippen molar-refractivity contribution in [1.29, 1.82) is 0 Å². The number of hydrogen-bond donors (Lipinski definition) is 1. The maximum Gasteiger partial charge on any atom is 0.344 e. The smallest absolute Gasteiger partial charge is 0.344 e. The van der Waals surface area contributed by atoms with Gasteiger partial charge in [0.15, 0.2) is 6.61 Å². The van der Waals surface area contributed by atoms with Crippen LogP contribution in [0, 0.1) is 0 Å². The molecular formula is C21H18Br2N2O5. The van der Waals surface area contributed by atoms with Crippen LogP contribution in [0.4, 0.5) is 5.69 Å². The third-order valence-electron chi connectivity index (χ3n) is 3.94. The Hall–Kier alpha value is -2.65. The van der Waals surface area contributed by atoms with Crippen molar-refractivity contribution in [1.82, 2.24) is 5.43 Å². The number of nitrogens with one attached hydrogen (secondary N) is 1. The summed E-state index contributed by atoms with van der Waals surface area (Å²) in [5.41, 5.74) is 3.73. The number of carbonyl (C=O) groups is 3. The van der Waals surface area contributed by atoms with E-state index in [0.29, 0.717) is 25.9 Å². The Kier molecular flexibility index (Phi) is 6.94. The van der Waals surface area contributed by atoms with E-state index >= 15 is 0 Å². The summed E-state index contributed by atoms with van der Waals surface area (Å²) in [6, 6.07) is 12.2. The quantitative estimate of drug-likeness (QED) is 0.342. The largest absolute Gasteiger partial charge is 0.480 e. The first-order chi connectivity index (χ1) is 14.3. The summed E-state index contributed by atoms with van der Waals surface area (Å²) in [5, 5.41) is 1.20. The first-order valence-electron chi connectivity index (χ1n) is 8.99. The molecule has 2 aromatic rings. The van der Waals surface area contributed by atoms with E-state index in [1.54, 1.807) is 50.2 Å². The van der Waals surface area contributed by atoms with Crippen molar-refractivity contribution in [2.45, 2.75) is 20.0 Å². The number of carbonyl (C=O) groups excluding carboxylic acids is 3. The van der Waals surface area contributed by atoms with Crippen LogP contribution < -0.4 is 15.2 Å². The number of para-hydroxylation sites is 1. The summed E-state index contributed by atoms with van der Waals surface area (Å²) < 4.78 is 11.7. The van der Waals surface area contributed by atoms with Gasteiger partial charge in [-0.05, 0) is 81.6 Å². The lowest BCUT2D eigenvalue weighted by molar-refractivity contribution is -0.149. The van der Waals surface area contributed by atoms with Gasteiger partial charge in [-0.15, -0.1) is 0 Å². The minimum atomic E-state index is -0.493. The average Bonchev–Trinajstić information content (AvgIpc) is 2.95. The Balaban J connectivity index is 1.80. The average molecular weight is 538 g/mol. The number of halogens is 2. The normalized spacial score (nSPS) is 15.0. The van der Waals surface area contributed by atoms with Crippen LogP contribution in [0.1, 0.15) is 19.4 Å². The number of benzene rings is 2. The van der Waals surface area contributed by atoms with Crippen LogP contribution in [0.2, 0.25) is 0 Å². The van der Waals surface area contributed by atoms with Crippen LogP contribution in [0.3, 0.4) is 0 Å². The number of hydrazine groups is 1. The van der Waals surface area contributed by atoms with Gasteiger partial charge < -0.3 is 9.47 Å². The number of hydrogen-bond acceptors (Lipinski definition) is 5. The van der Waals surface area contributed by atoms with Gasteiger partial charge in [-0.3, -0.25) is 15.0 Å². The van der Waals surface area contributed by atoms with Crippen LogP contribution >= 0.6 is 31.9 Å². The summed E-state index contributed by atoms with van der Waals surface area (Å²) in [4.78, 5) is 36.7. The summed E-state index contributed by atoms with van der Waals surface area (Å²) in [5.74, 6) is -1.02. The SMILES string of the molecule is CC(C)OC(=O)COc1c(Br)cc(/C=C2/C(=O)NN(c3ccccc3)C2=O)cc1Br. The van der Waals surface area contributed by atoms with E-state index in [1.807, 2.05) is 6.07 Å². The first-order valence-corrected chi connectivity index (χ1v) is 10.6. The fraction of sp³-hybridized carbons (Fsp3) is 0.190. The predicted molar refractivity (Wildman–Crippen MR) is 119 cm³/mol. The summed E-state index contributed by atoms with van der Waals surface area (Å²) in [7, 11) is 0. The van der Waals surface area contributed by atoms with Crippen LogP contribution in [-0.2, 0) is 19.1 Å². The standard InChI is InChI=1S/C21H18Br2N2O5/c1-12(2)30-18(26)11-29-19-16(22)9-13(10-17(19)23)8-15-20(27)24-25(21(15)28)14-6-4-3-5-7-14/h3-10,12H,11H2,1-2H3,(H,24,27)/b15-8-. The highest BCUT2D eigenvalue weighted by Crippen LogP contribution is 2.36. The number of amides is 2. The van der Waals surface area contributed by atoms with E-state index in [1.165, 1.54) is 11.1 Å². The van der Waals surface area contributed by atoms with E-state index in [4.69, 9.17) is 9.47 Å². The van der Waals surface area contributed by atoms with Crippen LogP contribution in [-0.4, -0.2) is 30.5 Å². The lowest BCUT2D eigenvalue weighted by atomic mass is 10.1. The zero-order valence-electron chi connectivity index (χ0n) is 16.1. The molecule has 156 valence electrons. The molecule has 1 fully saturated rings. The highest BCUT2D eigenvalue weighted by molar-refractivity contribution is 9.11. The van der Waals surface area contributed by atoms with Crippen LogP contribution in [0.15, 0.2) is 57.0 Å². The fourth-order valence-corrected chi connectivity index (χ4v) is 4.16. The first kappa shape index (κ1) is 22.0. The molecule has 3 rings (SSSR count). The van der Waals surface area contributed by atoms with Gasteiger partial charge in [0.25, 0.3) is 11.8 Å². The topological polar surface area (TPSA) is 84.9 Å². The van der Waals surface area contributed by atoms with E-state index in [2.05, 4.69) is 37.3 Å². The molecule has 7 nitrogen and oxygen atoms in total. The molecule has 2 amide bonds. The van der Waals surface area contributed by atoms with Gasteiger partial charge in [-0.1, -0.05) is 18.2 Å². The minimum Gasteiger partial charge on any atom is -0.480 e. The summed E-state index contributed by atoms with van der Waals surface area (Å²) >= 11 is 6.79. The Morgan fingerprint density at radius 1 is 1.13 bits per heavy atom. The molecule has 0 radical (unpaired) electrons. The van der Waals surface area contributed by atoms with Gasteiger partial charge in [0.2, 0.25) is 0 Å². The Bertz CT molecular complexity index is 998.